The SMILES string of the molecule is CC(C)CNCC(O)C(Cc1ccccc1)NC(=O)C(CC(N)=O)NC(=O)c1ccc2ccccc2n1. The molecule has 0 aliphatic heterocycles. The number of hydrogen-bond acceptors (Lipinski definition) is 6. The van der Waals surface area contributed by atoms with Crippen molar-refractivity contribution in [2.75, 3.05) is 13.1 Å². The summed E-state index contributed by atoms with van der Waals surface area (Å²) in [4.78, 5) is 42.3. The van der Waals surface area contributed by atoms with Gasteiger partial charge >= 0.3 is 0 Å². The Kier molecular flexibility index (Phi) is 10.1. The second-order valence-corrected chi connectivity index (χ2v) is 9.51. The van der Waals surface area contributed by atoms with Crippen LogP contribution in [0.5, 0.6) is 0 Å². The Bertz CT molecular complexity index is 1200. The highest BCUT2D eigenvalue weighted by Crippen LogP contribution is 2.12. The summed E-state index contributed by atoms with van der Waals surface area (Å²) < 4.78 is 0. The van der Waals surface area contributed by atoms with Crippen LogP contribution in [0.15, 0.2) is 66.7 Å². The van der Waals surface area contributed by atoms with Gasteiger partial charge in [-0.1, -0.05) is 68.4 Å². The molecule has 6 N–H and O–H groups in total. The second-order valence-electron chi connectivity index (χ2n) is 9.51. The Morgan fingerprint density at radius 1 is 0.919 bits per heavy atom. The minimum atomic E-state index is -1.23. The standard InChI is InChI=1S/C28H35N5O4/c1-18(2)16-30-17-25(34)23(14-19-8-4-3-5-9-19)32-28(37)24(15-26(29)35)33-27(36)22-13-12-20-10-6-7-11-21(20)31-22/h3-13,18,23-25,30,34H,14-17H2,1-2H3,(H2,29,35)(H,32,37)(H,33,36). The third-order valence-electron chi connectivity index (χ3n) is 5.85. The van der Waals surface area contributed by atoms with Crippen LogP contribution in [0, 0.1) is 5.92 Å². The monoisotopic (exact) mass is 505 g/mol. The molecule has 3 aromatic rings. The van der Waals surface area contributed by atoms with E-state index in [4.69, 9.17) is 5.73 Å². The number of carbonyl (C=O) groups is 3. The maximum atomic E-state index is 13.3. The number of aliphatic hydroxyl groups excluding tert-OH is 1. The highest BCUT2D eigenvalue weighted by molar-refractivity contribution is 5.99. The molecule has 0 aliphatic rings. The summed E-state index contributed by atoms with van der Waals surface area (Å²) in [7, 11) is 0. The van der Waals surface area contributed by atoms with Crippen LogP contribution in [0.25, 0.3) is 10.9 Å². The number of hydrogen-bond donors (Lipinski definition) is 5. The number of aromatic nitrogens is 1. The number of para-hydroxylation sites is 1. The fourth-order valence-electron chi connectivity index (χ4n) is 3.93. The zero-order valence-corrected chi connectivity index (χ0v) is 21.2. The summed E-state index contributed by atoms with van der Waals surface area (Å²) in [6.45, 7) is 5.10. The van der Waals surface area contributed by atoms with Crippen molar-refractivity contribution < 1.29 is 19.5 Å². The zero-order valence-electron chi connectivity index (χ0n) is 21.2. The van der Waals surface area contributed by atoms with Crippen molar-refractivity contribution in [3.8, 4) is 0 Å². The number of fused-ring (bicyclic) bond motifs is 1. The second kappa shape index (κ2) is 13.5. The number of nitrogens with zero attached hydrogens (tertiary/aromatic N) is 1. The van der Waals surface area contributed by atoms with Gasteiger partial charge in [0.2, 0.25) is 11.8 Å². The van der Waals surface area contributed by atoms with Crippen LogP contribution >= 0.6 is 0 Å². The predicted molar refractivity (Wildman–Crippen MR) is 143 cm³/mol. The van der Waals surface area contributed by atoms with E-state index in [1.165, 1.54) is 0 Å². The number of nitrogens with one attached hydrogen (secondary N) is 3. The van der Waals surface area contributed by atoms with Crippen molar-refractivity contribution in [1.82, 2.24) is 20.9 Å². The minimum Gasteiger partial charge on any atom is -0.390 e. The Balaban J connectivity index is 1.75. The van der Waals surface area contributed by atoms with Crippen molar-refractivity contribution in [3.05, 3.63) is 78.0 Å². The van der Waals surface area contributed by atoms with Crippen LogP contribution in [0.1, 0.15) is 36.3 Å². The molecule has 0 aliphatic carbocycles. The van der Waals surface area contributed by atoms with Gasteiger partial charge in [0.15, 0.2) is 0 Å². The summed E-state index contributed by atoms with van der Waals surface area (Å²) in [6, 6.07) is 18.2. The molecule has 37 heavy (non-hydrogen) atoms. The molecule has 1 aromatic heterocycles. The highest BCUT2D eigenvalue weighted by Gasteiger charge is 2.29. The van der Waals surface area contributed by atoms with E-state index < -0.39 is 42.3 Å². The molecule has 0 spiro atoms. The molecule has 0 bridgehead atoms. The highest BCUT2D eigenvalue weighted by atomic mass is 16.3. The summed E-state index contributed by atoms with van der Waals surface area (Å²) >= 11 is 0. The van der Waals surface area contributed by atoms with E-state index in [-0.39, 0.29) is 12.2 Å². The van der Waals surface area contributed by atoms with Gasteiger partial charge in [-0.2, -0.15) is 0 Å². The molecule has 9 nitrogen and oxygen atoms in total. The van der Waals surface area contributed by atoms with Crippen LogP contribution in [-0.4, -0.2) is 59.1 Å². The van der Waals surface area contributed by atoms with Crippen molar-refractivity contribution in [3.63, 3.8) is 0 Å². The Hall–Kier alpha value is -3.82. The molecule has 0 saturated heterocycles. The van der Waals surface area contributed by atoms with Gasteiger partial charge in [0, 0.05) is 11.9 Å². The van der Waals surface area contributed by atoms with Gasteiger partial charge in [-0.15, -0.1) is 0 Å². The van der Waals surface area contributed by atoms with Gasteiger partial charge in [0.1, 0.15) is 11.7 Å². The van der Waals surface area contributed by atoms with Crippen LogP contribution < -0.4 is 21.7 Å². The maximum Gasteiger partial charge on any atom is 0.270 e. The number of amides is 3. The Morgan fingerprint density at radius 3 is 2.32 bits per heavy atom. The van der Waals surface area contributed by atoms with Gasteiger partial charge in [0.05, 0.1) is 24.1 Å². The van der Waals surface area contributed by atoms with E-state index in [1.807, 2.05) is 48.5 Å². The van der Waals surface area contributed by atoms with Gasteiger partial charge in [0.25, 0.3) is 5.91 Å². The van der Waals surface area contributed by atoms with Gasteiger partial charge in [-0.05, 0) is 36.6 Å². The average Bonchev–Trinajstić information content (AvgIpc) is 2.87. The first-order valence-corrected chi connectivity index (χ1v) is 12.4. The largest absolute Gasteiger partial charge is 0.390 e. The van der Waals surface area contributed by atoms with Crippen molar-refractivity contribution >= 4 is 28.6 Å². The molecule has 2 aromatic carbocycles. The number of nitrogens with two attached hydrogens (primary N) is 1. The third-order valence-corrected chi connectivity index (χ3v) is 5.85. The van der Waals surface area contributed by atoms with Gasteiger partial charge in [-0.3, -0.25) is 14.4 Å². The van der Waals surface area contributed by atoms with E-state index in [0.29, 0.717) is 24.4 Å². The smallest absolute Gasteiger partial charge is 0.270 e. The zero-order chi connectivity index (χ0) is 26.8. The number of rotatable bonds is 13. The first kappa shape index (κ1) is 27.8. The molecule has 0 saturated carbocycles. The van der Waals surface area contributed by atoms with Crippen molar-refractivity contribution in [2.45, 2.75) is 44.9 Å². The summed E-state index contributed by atoms with van der Waals surface area (Å²) in [6.07, 6.45) is -0.944. The molecule has 196 valence electrons. The minimum absolute atomic E-state index is 0.111. The molecule has 9 heteroatoms. The Labute approximate surface area is 216 Å². The van der Waals surface area contributed by atoms with Gasteiger partial charge < -0.3 is 26.8 Å². The van der Waals surface area contributed by atoms with Crippen LogP contribution in [0.2, 0.25) is 0 Å². The van der Waals surface area contributed by atoms with Crippen LogP contribution in [0.4, 0.5) is 0 Å². The van der Waals surface area contributed by atoms with Crippen molar-refractivity contribution in [1.29, 1.82) is 0 Å². The number of pyridine rings is 1. The summed E-state index contributed by atoms with van der Waals surface area (Å²) in [5, 5.41) is 20.4. The molecular formula is C28H35N5O4. The number of aliphatic hydroxyl groups is 1. The molecule has 3 amide bonds. The molecule has 0 fully saturated rings. The number of carbonyl (C=O) groups excluding carboxylic acids is 3. The topological polar surface area (TPSA) is 146 Å². The lowest BCUT2D eigenvalue weighted by Gasteiger charge is -2.27. The summed E-state index contributed by atoms with van der Waals surface area (Å²) in [5.41, 5.74) is 7.05. The fourth-order valence-corrected chi connectivity index (χ4v) is 3.93. The van der Waals surface area contributed by atoms with E-state index in [9.17, 15) is 19.5 Å². The van der Waals surface area contributed by atoms with Crippen molar-refractivity contribution in [2.24, 2.45) is 11.7 Å². The molecule has 3 unspecified atom stereocenters. The molecule has 1 heterocycles. The van der Waals surface area contributed by atoms with E-state index >= 15 is 0 Å². The lowest BCUT2D eigenvalue weighted by Crippen LogP contribution is -2.55. The first-order valence-electron chi connectivity index (χ1n) is 12.4. The number of benzene rings is 2. The number of primary amides is 1. The lowest BCUT2D eigenvalue weighted by molar-refractivity contribution is -0.128. The fraction of sp³-hybridized carbons (Fsp3) is 0.357. The molecular weight excluding hydrogens is 470 g/mol. The molecule has 0 radical (unpaired) electrons. The Morgan fingerprint density at radius 2 is 1.62 bits per heavy atom. The molecule has 3 rings (SSSR count). The van der Waals surface area contributed by atoms with Crippen LogP contribution in [-0.2, 0) is 16.0 Å². The maximum absolute atomic E-state index is 13.3. The first-order chi connectivity index (χ1) is 17.7. The quantitative estimate of drug-likeness (QED) is 0.238. The van der Waals surface area contributed by atoms with Gasteiger partial charge in [-0.25, -0.2) is 4.98 Å². The van der Waals surface area contributed by atoms with E-state index in [1.54, 1.807) is 18.2 Å². The van der Waals surface area contributed by atoms with E-state index in [0.717, 1.165) is 10.9 Å². The normalized spacial score (nSPS) is 13.6. The van der Waals surface area contributed by atoms with E-state index in [2.05, 4.69) is 34.8 Å². The average molecular weight is 506 g/mol. The molecule has 3 atom stereocenters. The lowest BCUT2D eigenvalue weighted by atomic mass is 10.00. The van der Waals surface area contributed by atoms with Crippen LogP contribution in [0.3, 0.4) is 0 Å². The third kappa shape index (κ3) is 8.66. The summed E-state index contributed by atoms with van der Waals surface area (Å²) in [5.74, 6) is -1.57. The predicted octanol–water partition coefficient (Wildman–Crippen LogP) is 1.54.